The van der Waals surface area contributed by atoms with Gasteiger partial charge in [-0.05, 0) is 13.8 Å². The van der Waals surface area contributed by atoms with Crippen molar-refractivity contribution in [3.8, 4) is 0 Å². The Morgan fingerprint density at radius 2 is 2.50 bits per heavy atom. The van der Waals surface area contributed by atoms with Crippen LogP contribution in [0.3, 0.4) is 0 Å². The number of rotatable bonds is 4. The van der Waals surface area contributed by atoms with E-state index < -0.39 is 6.04 Å². The number of hydrogen-bond acceptors (Lipinski definition) is 4. The summed E-state index contributed by atoms with van der Waals surface area (Å²) >= 11 is 0. The fourth-order valence-electron chi connectivity index (χ4n) is 1.13. The molecule has 0 amide bonds. The summed E-state index contributed by atoms with van der Waals surface area (Å²) in [5.41, 5.74) is 5.64. The highest BCUT2D eigenvalue weighted by Crippen LogP contribution is 1.98. The number of aryl methyl sites for hydroxylation is 1. The van der Waals surface area contributed by atoms with E-state index in [-0.39, 0.29) is 5.97 Å². The number of esters is 1. The first-order valence-electron chi connectivity index (χ1n) is 4.55. The largest absolute Gasteiger partial charge is 0.465 e. The minimum Gasteiger partial charge on any atom is -0.465 e. The Labute approximate surface area is 82.9 Å². The molecular weight excluding hydrogens is 182 g/mol. The Morgan fingerprint density at radius 1 is 1.79 bits per heavy atom. The molecule has 0 radical (unpaired) electrons. The number of aromatic nitrogens is 2. The predicted molar refractivity (Wildman–Crippen MR) is 51.6 cm³/mol. The van der Waals surface area contributed by atoms with Gasteiger partial charge in [0, 0.05) is 18.9 Å². The average molecular weight is 197 g/mol. The van der Waals surface area contributed by atoms with Crippen LogP contribution in [0.2, 0.25) is 0 Å². The average Bonchev–Trinajstić information content (AvgIpc) is 2.52. The fraction of sp³-hybridized carbons (Fsp3) is 0.556. The summed E-state index contributed by atoms with van der Waals surface area (Å²) in [6.07, 6.45) is 3.46. The number of imidazole rings is 1. The molecule has 0 saturated carbocycles. The van der Waals surface area contributed by atoms with Crippen LogP contribution in [0.5, 0.6) is 0 Å². The van der Waals surface area contributed by atoms with Crippen LogP contribution in [0.25, 0.3) is 0 Å². The molecule has 0 saturated heterocycles. The van der Waals surface area contributed by atoms with Gasteiger partial charge in [-0.3, -0.25) is 4.79 Å². The van der Waals surface area contributed by atoms with Gasteiger partial charge in [0.2, 0.25) is 0 Å². The summed E-state index contributed by atoms with van der Waals surface area (Å²) in [5.74, 6) is 0.463. The lowest BCUT2D eigenvalue weighted by Crippen LogP contribution is -2.36. The SMILES string of the molecule is CCOC(=O)C(N)Cn1ccnc1C. The van der Waals surface area contributed by atoms with E-state index in [1.165, 1.54) is 0 Å². The smallest absolute Gasteiger partial charge is 0.324 e. The summed E-state index contributed by atoms with van der Waals surface area (Å²) in [5, 5.41) is 0. The highest BCUT2D eigenvalue weighted by atomic mass is 16.5. The third kappa shape index (κ3) is 2.56. The number of carbonyl (C=O) groups excluding carboxylic acids is 1. The van der Waals surface area contributed by atoms with E-state index in [4.69, 9.17) is 10.5 Å². The van der Waals surface area contributed by atoms with E-state index in [1.54, 1.807) is 19.3 Å². The van der Waals surface area contributed by atoms with Gasteiger partial charge in [0.1, 0.15) is 11.9 Å². The summed E-state index contributed by atoms with van der Waals surface area (Å²) in [4.78, 5) is 15.2. The molecule has 1 atom stereocenters. The Bertz CT molecular complexity index is 309. The molecule has 2 N–H and O–H groups in total. The molecule has 1 aromatic rings. The number of ether oxygens (including phenoxy) is 1. The van der Waals surface area contributed by atoms with Gasteiger partial charge in [0.05, 0.1) is 6.61 Å². The maximum atomic E-state index is 11.2. The van der Waals surface area contributed by atoms with E-state index in [0.29, 0.717) is 13.2 Å². The second-order valence-corrected chi connectivity index (χ2v) is 2.99. The lowest BCUT2D eigenvalue weighted by molar-refractivity contribution is -0.145. The summed E-state index contributed by atoms with van der Waals surface area (Å²) < 4.78 is 6.62. The third-order valence-corrected chi connectivity index (χ3v) is 1.91. The summed E-state index contributed by atoms with van der Waals surface area (Å²) in [6.45, 7) is 4.38. The van der Waals surface area contributed by atoms with Crippen molar-refractivity contribution in [2.75, 3.05) is 6.61 Å². The van der Waals surface area contributed by atoms with Gasteiger partial charge in [-0.15, -0.1) is 0 Å². The molecular formula is C9H15N3O2. The molecule has 0 aliphatic rings. The van der Waals surface area contributed by atoms with Crippen LogP contribution in [-0.4, -0.2) is 28.2 Å². The maximum absolute atomic E-state index is 11.2. The standard InChI is InChI=1S/C9H15N3O2/c1-3-14-9(13)8(10)6-12-5-4-11-7(12)2/h4-5,8H,3,6,10H2,1-2H3. The molecule has 0 aliphatic heterocycles. The van der Waals surface area contributed by atoms with Crippen LogP contribution in [-0.2, 0) is 16.1 Å². The lowest BCUT2D eigenvalue weighted by Gasteiger charge is -2.11. The van der Waals surface area contributed by atoms with Crippen molar-refractivity contribution in [2.24, 2.45) is 5.73 Å². The lowest BCUT2D eigenvalue weighted by atomic mass is 10.3. The Kier molecular flexibility index (Phi) is 3.64. The van der Waals surface area contributed by atoms with Crippen LogP contribution in [0.15, 0.2) is 12.4 Å². The van der Waals surface area contributed by atoms with Crippen molar-refractivity contribution in [1.82, 2.24) is 9.55 Å². The first kappa shape index (κ1) is 10.7. The Hall–Kier alpha value is -1.36. The third-order valence-electron chi connectivity index (χ3n) is 1.91. The van der Waals surface area contributed by atoms with Crippen molar-refractivity contribution in [3.05, 3.63) is 18.2 Å². The van der Waals surface area contributed by atoms with Crippen molar-refractivity contribution < 1.29 is 9.53 Å². The van der Waals surface area contributed by atoms with Crippen molar-refractivity contribution in [1.29, 1.82) is 0 Å². The monoisotopic (exact) mass is 197 g/mol. The van der Waals surface area contributed by atoms with Crippen molar-refractivity contribution in [2.45, 2.75) is 26.4 Å². The topological polar surface area (TPSA) is 70.1 Å². The van der Waals surface area contributed by atoms with Crippen LogP contribution < -0.4 is 5.73 Å². The molecule has 14 heavy (non-hydrogen) atoms. The summed E-state index contributed by atoms with van der Waals surface area (Å²) in [7, 11) is 0. The molecule has 0 fully saturated rings. The first-order valence-corrected chi connectivity index (χ1v) is 4.55. The Balaban J connectivity index is 2.52. The van der Waals surface area contributed by atoms with Gasteiger partial charge < -0.3 is 15.0 Å². The van der Waals surface area contributed by atoms with Gasteiger partial charge in [-0.1, -0.05) is 0 Å². The normalized spacial score (nSPS) is 12.5. The van der Waals surface area contributed by atoms with Crippen LogP contribution in [0, 0.1) is 6.92 Å². The predicted octanol–water partition coefficient (Wildman–Crippen LogP) is 0.0819. The van der Waals surface area contributed by atoms with Crippen molar-refractivity contribution in [3.63, 3.8) is 0 Å². The van der Waals surface area contributed by atoms with Gasteiger partial charge in [-0.2, -0.15) is 0 Å². The molecule has 5 heteroatoms. The number of hydrogen-bond donors (Lipinski definition) is 1. The minimum atomic E-state index is -0.622. The highest BCUT2D eigenvalue weighted by Gasteiger charge is 2.15. The molecule has 78 valence electrons. The van der Waals surface area contributed by atoms with E-state index in [0.717, 1.165) is 5.82 Å². The van der Waals surface area contributed by atoms with Crippen molar-refractivity contribution >= 4 is 5.97 Å². The molecule has 1 heterocycles. The van der Waals surface area contributed by atoms with Crippen LogP contribution in [0.1, 0.15) is 12.7 Å². The molecule has 0 aromatic carbocycles. The number of nitrogens with two attached hydrogens (primary N) is 1. The maximum Gasteiger partial charge on any atom is 0.324 e. The second kappa shape index (κ2) is 4.76. The molecule has 1 unspecified atom stereocenters. The quantitative estimate of drug-likeness (QED) is 0.694. The summed E-state index contributed by atoms with van der Waals surface area (Å²) in [6, 6.07) is -0.622. The molecule has 1 aromatic heterocycles. The fourth-order valence-corrected chi connectivity index (χ4v) is 1.13. The van der Waals surface area contributed by atoms with Crippen LogP contribution in [0.4, 0.5) is 0 Å². The minimum absolute atomic E-state index is 0.357. The van der Waals surface area contributed by atoms with Gasteiger partial charge in [0.25, 0.3) is 0 Å². The highest BCUT2D eigenvalue weighted by molar-refractivity contribution is 5.75. The molecule has 0 spiro atoms. The molecule has 1 rings (SSSR count). The van der Waals surface area contributed by atoms with Crippen LogP contribution >= 0.6 is 0 Å². The molecule has 5 nitrogen and oxygen atoms in total. The van der Waals surface area contributed by atoms with Gasteiger partial charge in [-0.25, -0.2) is 4.98 Å². The van der Waals surface area contributed by atoms with E-state index in [9.17, 15) is 4.79 Å². The van der Waals surface area contributed by atoms with E-state index >= 15 is 0 Å². The molecule has 0 bridgehead atoms. The second-order valence-electron chi connectivity index (χ2n) is 2.99. The van der Waals surface area contributed by atoms with E-state index in [1.807, 2.05) is 11.5 Å². The van der Waals surface area contributed by atoms with E-state index in [2.05, 4.69) is 4.98 Å². The Morgan fingerprint density at radius 3 is 3.00 bits per heavy atom. The zero-order valence-corrected chi connectivity index (χ0v) is 8.43. The van der Waals surface area contributed by atoms with Gasteiger partial charge in [0.15, 0.2) is 0 Å². The molecule has 0 aliphatic carbocycles. The number of nitrogens with zero attached hydrogens (tertiary/aromatic N) is 2. The zero-order chi connectivity index (χ0) is 10.6. The van der Waals surface area contributed by atoms with Gasteiger partial charge >= 0.3 is 5.97 Å². The first-order chi connectivity index (χ1) is 6.65. The zero-order valence-electron chi connectivity index (χ0n) is 8.43. The number of carbonyl (C=O) groups is 1.